The molecule has 5 rings (SSSR count). The lowest BCUT2D eigenvalue weighted by atomic mass is 10.0. The van der Waals surface area contributed by atoms with E-state index in [4.69, 9.17) is 14.2 Å². The summed E-state index contributed by atoms with van der Waals surface area (Å²) in [5, 5.41) is 0. The van der Waals surface area contributed by atoms with E-state index in [-0.39, 0.29) is 35.9 Å². The van der Waals surface area contributed by atoms with Crippen molar-refractivity contribution < 1.29 is 27.4 Å². The second-order valence-electron chi connectivity index (χ2n) is 8.52. The van der Waals surface area contributed by atoms with Gasteiger partial charge in [-0.25, -0.2) is 13.2 Å². The number of nitrogens with zero attached hydrogens (tertiary/aromatic N) is 2. The number of ether oxygens (including phenoxy) is 3. The summed E-state index contributed by atoms with van der Waals surface area (Å²) in [4.78, 5) is 15.9. The van der Waals surface area contributed by atoms with Gasteiger partial charge in [-0.15, -0.1) is 0 Å². The zero-order chi connectivity index (χ0) is 23.7. The maximum absolute atomic E-state index is 14.0. The Hall–Kier alpha value is -3.33. The monoisotopic (exact) mass is 472 g/mol. The summed E-state index contributed by atoms with van der Waals surface area (Å²) in [6, 6.07) is 9.38. The Morgan fingerprint density at radius 2 is 1.82 bits per heavy atom. The Balaban J connectivity index is 1.22. The van der Waals surface area contributed by atoms with Crippen molar-refractivity contribution in [1.82, 2.24) is 9.55 Å². The van der Waals surface area contributed by atoms with Crippen molar-refractivity contribution in [3.8, 4) is 22.9 Å². The number of halogens is 3. The van der Waals surface area contributed by atoms with Crippen LogP contribution in [0.4, 0.5) is 13.2 Å². The second kappa shape index (κ2) is 9.50. The number of benzene rings is 2. The third-order valence-corrected chi connectivity index (χ3v) is 6.10. The van der Waals surface area contributed by atoms with Crippen LogP contribution < -0.4 is 15.0 Å². The summed E-state index contributed by atoms with van der Waals surface area (Å²) in [7, 11) is 0. The molecule has 1 aromatic heterocycles. The van der Waals surface area contributed by atoms with Gasteiger partial charge in [0.1, 0.15) is 18.2 Å². The molecule has 1 atom stereocenters. The summed E-state index contributed by atoms with van der Waals surface area (Å²) in [5.41, 5.74) is 0.497. The summed E-state index contributed by atoms with van der Waals surface area (Å²) >= 11 is 0. The molecule has 2 aliphatic rings. The van der Waals surface area contributed by atoms with E-state index in [2.05, 4.69) is 4.98 Å². The zero-order valence-corrected chi connectivity index (χ0v) is 18.3. The molecule has 1 saturated carbocycles. The van der Waals surface area contributed by atoms with Gasteiger partial charge >= 0.3 is 6.01 Å². The number of aromatic nitrogens is 2. The molecule has 1 fully saturated rings. The molecule has 0 spiro atoms. The lowest BCUT2D eigenvalue weighted by Crippen LogP contribution is -2.23. The minimum absolute atomic E-state index is 0.165. The lowest BCUT2D eigenvalue weighted by Gasteiger charge is -2.14. The summed E-state index contributed by atoms with van der Waals surface area (Å²) < 4.78 is 60.4. The quantitative estimate of drug-likeness (QED) is 0.470. The topological polar surface area (TPSA) is 62.6 Å². The molecular weight excluding hydrogens is 449 g/mol. The van der Waals surface area contributed by atoms with Crippen LogP contribution in [-0.4, -0.2) is 28.4 Å². The average molecular weight is 472 g/mol. The van der Waals surface area contributed by atoms with Crippen LogP contribution in [-0.2, 0) is 17.9 Å². The predicted octanol–water partition coefficient (Wildman–Crippen LogP) is 4.63. The molecule has 2 heterocycles. The van der Waals surface area contributed by atoms with Crippen molar-refractivity contribution in [2.75, 3.05) is 6.61 Å². The Labute approximate surface area is 193 Å². The standard InChI is InChI=1S/C25H23F3N2O4/c26-16-9-21(24(28)22(27)10-16)15-5-7-19(8-6-15)33-14-20-12-30-17(11-23(31)29-25(30)34-20)13-32-18-3-1-2-4-18/h5-11,18,20H,1-4,12-14H2. The second-order valence-corrected chi connectivity index (χ2v) is 8.52. The highest BCUT2D eigenvalue weighted by molar-refractivity contribution is 5.65. The fourth-order valence-electron chi connectivity index (χ4n) is 4.36. The van der Waals surface area contributed by atoms with Gasteiger partial charge in [-0.1, -0.05) is 25.0 Å². The zero-order valence-electron chi connectivity index (χ0n) is 18.3. The molecule has 0 radical (unpaired) electrons. The molecule has 0 saturated heterocycles. The van der Waals surface area contributed by atoms with Gasteiger partial charge < -0.3 is 14.2 Å². The molecule has 34 heavy (non-hydrogen) atoms. The van der Waals surface area contributed by atoms with E-state index < -0.39 is 17.5 Å². The Morgan fingerprint density at radius 1 is 1.06 bits per heavy atom. The van der Waals surface area contributed by atoms with Crippen molar-refractivity contribution in [2.45, 2.75) is 51.0 Å². The molecule has 0 amide bonds. The van der Waals surface area contributed by atoms with Crippen LogP contribution in [0, 0.1) is 17.5 Å². The first kappa shape index (κ1) is 22.5. The van der Waals surface area contributed by atoms with Gasteiger partial charge in [-0.3, -0.25) is 9.36 Å². The Kier molecular flexibility index (Phi) is 6.28. The van der Waals surface area contributed by atoms with Crippen LogP contribution in [0.25, 0.3) is 11.1 Å². The van der Waals surface area contributed by atoms with E-state index in [9.17, 15) is 18.0 Å². The number of fused-ring (bicyclic) bond motifs is 1. The fourth-order valence-corrected chi connectivity index (χ4v) is 4.36. The predicted molar refractivity (Wildman–Crippen MR) is 117 cm³/mol. The van der Waals surface area contributed by atoms with Crippen LogP contribution >= 0.6 is 0 Å². The SMILES string of the molecule is O=c1cc(COC2CCCC2)n2c(n1)OC(COc1ccc(-c3cc(F)cc(F)c3F)cc1)C2. The number of rotatable bonds is 7. The van der Waals surface area contributed by atoms with Gasteiger partial charge in [-0.05, 0) is 36.6 Å². The van der Waals surface area contributed by atoms with Crippen molar-refractivity contribution >= 4 is 0 Å². The lowest BCUT2D eigenvalue weighted by molar-refractivity contribution is 0.0418. The summed E-state index contributed by atoms with van der Waals surface area (Å²) in [6.07, 6.45) is 4.26. The first-order valence-corrected chi connectivity index (χ1v) is 11.2. The first-order valence-electron chi connectivity index (χ1n) is 11.2. The molecule has 1 unspecified atom stereocenters. The van der Waals surface area contributed by atoms with E-state index >= 15 is 0 Å². The van der Waals surface area contributed by atoms with Crippen molar-refractivity contribution in [2.24, 2.45) is 0 Å². The molecule has 0 bridgehead atoms. The van der Waals surface area contributed by atoms with E-state index in [1.54, 1.807) is 12.1 Å². The third-order valence-electron chi connectivity index (χ3n) is 6.10. The molecular formula is C25H23F3N2O4. The molecule has 1 aliphatic carbocycles. The normalized spacial score (nSPS) is 17.6. The van der Waals surface area contributed by atoms with Crippen LogP contribution in [0.5, 0.6) is 11.8 Å². The van der Waals surface area contributed by atoms with Crippen molar-refractivity contribution in [3.63, 3.8) is 0 Å². The molecule has 0 N–H and O–H groups in total. The van der Waals surface area contributed by atoms with E-state index in [1.807, 2.05) is 4.57 Å². The van der Waals surface area contributed by atoms with Crippen molar-refractivity contribution in [3.05, 3.63) is 76.0 Å². The highest BCUT2D eigenvalue weighted by Crippen LogP contribution is 2.28. The van der Waals surface area contributed by atoms with Crippen LogP contribution in [0.3, 0.4) is 0 Å². The maximum atomic E-state index is 14.0. The van der Waals surface area contributed by atoms with Gasteiger partial charge in [0.25, 0.3) is 5.56 Å². The van der Waals surface area contributed by atoms with E-state index in [1.165, 1.54) is 18.2 Å². The molecule has 2 aromatic carbocycles. The van der Waals surface area contributed by atoms with Crippen molar-refractivity contribution in [1.29, 1.82) is 0 Å². The van der Waals surface area contributed by atoms with Gasteiger partial charge in [0.15, 0.2) is 17.7 Å². The third kappa shape index (κ3) is 4.79. The number of hydrogen-bond donors (Lipinski definition) is 0. The minimum Gasteiger partial charge on any atom is -0.490 e. The smallest absolute Gasteiger partial charge is 0.300 e. The fraction of sp³-hybridized carbons (Fsp3) is 0.360. The van der Waals surface area contributed by atoms with Gasteiger partial charge in [0, 0.05) is 17.7 Å². The first-order chi connectivity index (χ1) is 16.5. The van der Waals surface area contributed by atoms with Gasteiger partial charge in [0.05, 0.1) is 24.9 Å². The highest BCUT2D eigenvalue weighted by Gasteiger charge is 2.27. The van der Waals surface area contributed by atoms with Gasteiger partial charge in [-0.2, -0.15) is 4.98 Å². The highest BCUT2D eigenvalue weighted by atomic mass is 19.2. The Morgan fingerprint density at radius 3 is 2.59 bits per heavy atom. The summed E-state index contributed by atoms with van der Waals surface area (Å²) in [6.45, 7) is 0.964. The average Bonchev–Trinajstić information content (AvgIpc) is 3.48. The van der Waals surface area contributed by atoms with E-state index in [0.717, 1.165) is 37.4 Å². The molecule has 3 aromatic rings. The summed E-state index contributed by atoms with van der Waals surface area (Å²) in [5.74, 6) is -2.73. The molecule has 6 nitrogen and oxygen atoms in total. The van der Waals surface area contributed by atoms with Crippen LogP contribution in [0.2, 0.25) is 0 Å². The molecule has 1 aliphatic heterocycles. The molecule has 9 heteroatoms. The largest absolute Gasteiger partial charge is 0.490 e. The van der Waals surface area contributed by atoms with E-state index in [0.29, 0.717) is 30.5 Å². The Bertz CT molecular complexity index is 1240. The minimum atomic E-state index is -1.24. The maximum Gasteiger partial charge on any atom is 0.300 e. The van der Waals surface area contributed by atoms with Crippen LogP contribution in [0.1, 0.15) is 31.4 Å². The molecule has 178 valence electrons. The van der Waals surface area contributed by atoms with Gasteiger partial charge in [0.2, 0.25) is 0 Å². The number of hydrogen-bond acceptors (Lipinski definition) is 5. The van der Waals surface area contributed by atoms with Crippen LogP contribution in [0.15, 0.2) is 47.3 Å².